The minimum atomic E-state index is -0.303. The molecule has 0 saturated heterocycles. The Morgan fingerprint density at radius 3 is 2.65 bits per heavy atom. The fourth-order valence-corrected chi connectivity index (χ4v) is 2.88. The highest BCUT2D eigenvalue weighted by atomic mass is 32.1. The van der Waals surface area contributed by atoms with Gasteiger partial charge in [0, 0.05) is 18.2 Å². The van der Waals surface area contributed by atoms with Gasteiger partial charge in [-0.2, -0.15) is 4.68 Å². The summed E-state index contributed by atoms with van der Waals surface area (Å²) in [6.45, 7) is 8.88. The van der Waals surface area contributed by atoms with Crippen molar-refractivity contribution in [2.45, 2.75) is 33.1 Å². The van der Waals surface area contributed by atoms with Crippen molar-refractivity contribution in [3.05, 3.63) is 47.5 Å². The molecule has 1 unspecified atom stereocenters. The number of hydrogen-bond donors (Lipinski definition) is 2. The number of amides is 1. The third-order valence-corrected chi connectivity index (χ3v) is 4.10. The molecule has 26 heavy (non-hydrogen) atoms. The maximum Gasteiger partial charge on any atom is 0.275 e. The summed E-state index contributed by atoms with van der Waals surface area (Å²) in [5.74, 6) is 0.324. The monoisotopic (exact) mass is 378 g/mol. The van der Waals surface area contributed by atoms with Crippen LogP contribution >= 0.6 is 12.2 Å². The lowest BCUT2D eigenvalue weighted by atomic mass is 10.2. The Balaban J connectivity index is 2.25. The number of benzene rings is 1. The first-order chi connectivity index (χ1) is 12.3. The summed E-state index contributed by atoms with van der Waals surface area (Å²) in [5, 5.41) is 7.46. The Morgan fingerprint density at radius 2 is 2.08 bits per heavy atom. The fraction of sp³-hybridized carbons (Fsp3) is 0.389. The first-order valence-electron chi connectivity index (χ1n) is 8.47. The maximum atomic E-state index is 13.2. The molecule has 2 aromatic rings. The molecule has 0 aliphatic rings. The topological polar surface area (TPSA) is 56.3 Å². The van der Waals surface area contributed by atoms with Crippen LogP contribution in [0, 0.1) is 10.6 Å². The van der Waals surface area contributed by atoms with E-state index in [2.05, 4.69) is 17.0 Å². The van der Waals surface area contributed by atoms with E-state index in [4.69, 9.17) is 12.2 Å². The number of likely N-dealkylation sites (N-methyl/N-ethyl adjacent to an activating group) is 1. The molecule has 0 radical (unpaired) electrons. The van der Waals surface area contributed by atoms with Crippen molar-refractivity contribution in [2.24, 2.45) is 0 Å². The molecule has 0 saturated carbocycles. The lowest BCUT2D eigenvalue weighted by Gasteiger charge is -2.14. The quantitative estimate of drug-likeness (QED) is 0.539. The third-order valence-electron chi connectivity index (χ3n) is 3.67. The summed E-state index contributed by atoms with van der Waals surface area (Å²) < 4.78 is 17.3. The number of halogens is 1. The zero-order valence-electron chi connectivity index (χ0n) is 15.3. The van der Waals surface area contributed by atoms with Crippen molar-refractivity contribution < 1.29 is 14.1 Å². The molecular weight excluding hydrogens is 353 g/mol. The number of nitrogens with one attached hydrogen (secondary N) is 2. The van der Waals surface area contributed by atoms with Crippen LogP contribution in [0.4, 0.5) is 4.39 Å². The van der Waals surface area contributed by atoms with Crippen molar-refractivity contribution in [2.75, 3.05) is 13.6 Å². The zero-order valence-corrected chi connectivity index (χ0v) is 16.1. The van der Waals surface area contributed by atoms with Crippen molar-refractivity contribution >= 4 is 18.1 Å². The van der Waals surface area contributed by atoms with Crippen LogP contribution in [0.2, 0.25) is 0 Å². The minimum absolute atomic E-state index is 0.0201. The Labute approximate surface area is 157 Å². The van der Waals surface area contributed by atoms with Gasteiger partial charge in [0.1, 0.15) is 5.82 Å². The molecule has 0 aliphatic heterocycles. The van der Waals surface area contributed by atoms with Gasteiger partial charge in [-0.25, -0.2) is 4.39 Å². The molecule has 0 bridgehead atoms. The first-order valence-corrected chi connectivity index (χ1v) is 8.87. The smallest absolute Gasteiger partial charge is 0.275 e. The van der Waals surface area contributed by atoms with E-state index in [1.165, 1.54) is 12.1 Å². The van der Waals surface area contributed by atoms with Gasteiger partial charge in [-0.15, -0.1) is 11.7 Å². The Hall–Kier alpha value is -2.32. The second-order valence-electron chi connectivity index (χ2n) is 6.53. The summed E-state index contributed by atoms with van der Waals surface area (Å²) in [4.78, 5) is 12.9. The van der Waals surface area contributed by atoms with Gasteiger partial charge in [0.15, 0.2) is 19.0 Å². The lowest BCUT2D eigenvalue weighted by Crippen LogP contribution is -3.09. The normalized spacial score (nSPS) is 12.2. The summed E-state index contributed by atoms with van der Waals surface area (Å²) >= 11 is 5.53. The zero-order chi connectivity index (χ0) is 19.3. The largest absolute Gasteiger partial charge is 0.349 e. The molecule has 140 valence electrons. The van der Waals surface area contributed by atoms with Crippen LogP contribution in [0.15, 0.2) is 36.9 Å². The predicted octanol–water partition coefficient (Wildman–Crippen LogP) is 1.40. The van der Waals surface area contributed by atoms with Crippen molar-refractivity contribution in [3.63, 3.8) is 0 Å². The molecule has 2 rings (SSSR count). The second kappa shape index (κ2) is 8.86. The summed E-state index contributed by atoms with van der Waals surface area (Å²) in [5.41, 5.74) is 0.772. The molecule has 2 N–H and O–H groups in total. The highest BCUT2D eigenvalue weighted by Crippen LogP contribution is 2.18. The number of nitrogens with zero attached hydrogens (tertiary/aromatic N) is 3. The van der Waals surface area contributed by atoms with E-state index in [0.29, 0.717) is 30.4 Å². The summed E-state index contributed by atoms with van der Waals surface area (Å²) in [7, 11) is 1.91. The van der Waals surface area contributed by atoms with E-state index in [1.54, 1.807) is 22.9 Å². The SMILES string of the molecule is C=CCn1c(-c2ccc(F)cc2)nn(C[NH+](C)CC(=O)NC(C)C)c1=S. The summed E-state index contributed by atoms with van der Waals surface area (Å²) in [6.07, 6.45) is 1.74. The number of quaternary nitrogens is 1. The Bertz CT molecular complexity index is 825. The molecule has 6 nitrogen and oxygen atoms in total. The summed E-state index contributed by atoms with van der Waals surface area (Å²) in [6, 6.07) is 6.23. The molecule has 1 aromatic heterocycles. The number of allylic oxidation sites excluding steroid dienone is 1. The fourth-order valence-electron chi connectivity index (χ4n) is 2.61. The highest BCUT2D eigenvalue weighted by molar-refractivity contribution is 7.71. The van der Waals surface area contributed by atoms with Gasteiger partial charge >= 0.3 is 0 Å². The van der Waals surface area contributed by atoms with E-state index in [9.17, 15) is 9.18 Å². The average molecular weight is 378 g/mol. The van der Waals surface area contributed by atoms with Crippen molar-refractivity contribution in [1.82, 2.24) is 19.7 Å². The molecule has 0 spiro atoms. The van der Waals surface area contributed by atoms with Gasteiger partial charge in [0.05, 0.1) is 7.05 Å². The van der Waals surface area contributed by atoms with E-state index in [-0.39, 0.29) is 17.8 Å². The van der Waals surface area contributed by atoms with Crippen LogP contribution in [0.1, 0.15) is 13.8 Å². The lowest BCUT2D eigenvalue weighted by molar-refractivity contribution is -0.895. The third kappa shape index (κ3) is 5.09. The van der Waals surface area contributed by atoms with Gasteiger partial charge < -0.3 is 10.2 Å². The van der Waals surface area contributed by atoms with Crippen LogP contribution in [0.3, 0.4) is 0 Å². The van der Waals surface area contributed by atoms with Gasteiger partial charge in [0.25, 0.3) is 5.91 Å². The van der Waals surface area contributed by atoms with Crippen LogP contribution in [0.25, 0.3) is 11.4 Å². The second-order valence-corrected chi connectivity index (χ2v) is 6.89. The number of hydrogen-bond acceptors (Lipinski definition) is 3. The highest BCUT2D eigenvalue weighted by Gasteiger charge is 2.16. The molecule has 1 atom stereocenters. The Morgan fingerprint density at radius 1 is 1.42 bits per heavy atom. The molecule has 8 heteroatoms. The van der Waals surface area contributed by atoms with Gasteiger partial charge in [0.2, 0.25) is 4.77 Å². The van der Waals surface area contributed by atoms with E-state index in [0.717, 1.165) is 10.5 Å². The van der Waals surface area contributed by atoms with Gasteiger partial charge in [-0.1, -0.05) is 6.08 Å². The molecule has 0 fully saturated rings. The van der Waals surface area contributed by atoms with E-state index in [1.807, 2.05) is 25.5 Å². The molecule has 1 heterocycles. The van der Waals surface area contributed by atoms with Crippen molar-refractivity contribution in [1.29, 1.82) is 0 Å². The molecular formula is C18H25FN5OS+. The number of carbonyl (C=O) groups excluding carboxylic acids is 1. The molecule has 0 aliphatic carbocycles. The van der Waals surface area contributed by atoms with Gasteiger partial charge in [-0.3, -0.25) is 9.36 Å². The standard InChI is InChI=1S/C18H24FN5OS/c1-5-10-23-17(14-6-8-15(19)9-7-14)21-24(18(23)26)12-22(4)11-16(25)20-13(2)3/h5-9,13H,1,10-12H2,2-4H3,(H,20,25)/p+1. The number of carbonyl (C=O) groups is 1. The Kier molecular flexibility index (Phi) is 6.82. The van der Waals surface area contributed by atoms with E-state index < -0.39 is 0 Å². The van der Waals surface area contributed by atoms with Crippen LogP contribution < -0.4 is 10.2 Å². The predicted molar refractivity (Wildman–Crippen MR) is 102 cm³/mol. The van der Waals surface area contributed by atoms with Gasteiger partial charge in [-0.05, 0) is 50.3 Å². The number of rotatable bonds is 8. The maximum absolute atomic E-state index is 13.2. The number of aromatic nitrogens is 3. The average Bonchev–Trinajstić information content (AvgIpc) is 2.84. The molecule has 1 amide bonds. The first kappa shape index (κ1) is 20.0. The molecule has 1 aromatic carbocycles. The van der Waals surface area contributed by atoms with Crippen LogP contribution in [0.5, 0.6) is 0 Å². The van der Waals surface area contributed by atoms with Crippen LogP contribution in [-0.4, -0.2) is 39.9 Å². The van der Waals surface area contributed by atoms with Crippen molar-refractivity contribution in [3.8, 4) is 11.4 Å². The minimum Gasteiger partial charge on any atom is -0.349 e. The van der Waals surface area contributed by atoms with Crippen LogP contribution in [-0.2, 0) is 18.0 Å². The van der Waals surface area contributed by atoms with E-state index >= 15 is 0 Å².